The molecule has 0 saturated carbocycles. The van der Waals surface area contributed by atoms with Crippen LogP contribution in [0.4, 0.5) is 5.00 Å². The van der Waals surface area contributed by atoms with E-state index >= 15 is 0 Å². The molecule has 1 aliphatic rings. The zero-order chi connectivity index (χ0) is 20.8. The Bertz CT molecular complexity index is 894. The number of nitrogens with zero attached hydrogens (tertiary/aromatic N) is 1. The smallest absolute Gasteiger partial charge is 0.341 e. The van der Waals surface area contributed by atoms with Crippen molar-refractivity contribution in [3.63, 3.8) is 0 Å². The third-order valence-electron chi connectivity index (χ3n) is 4.70. The molecular weight excluding hydrogens is 392 g/mol. The minimum atomic E-state index is -0.975. The molecule has 7 nitrogen and oxygen atoms in total. The Balaban J connectivity index is 1.79. The van der Waals surface area contributed by atoms with E-state index in [1.807, 2.05) is 0 Å². The number of carbonyl (C=O) groups is 3. The largest absolute Gasteiger partial charge is 0.462 e. The van der Waals surface area contributed by atoms with Gasteiger partial charge in [0.25, 0.3) is 5.91 Å². The van der Waals surface area contributed by atoms with E-state index in [0.717, 1.165) is 36.1 Å². The monoisotopic (exact) mass is 416 g/mol. The van der Waals surface area contributed by atoms with Crippen molar-refractivity contribution >= 4 is 34.2 Å². The molecule has 1 unspecified atom stereocenters. The van der Waals surface area contributed by atoms with E-state index in [1.54, 1.807) is 32.2 Å². The van der Waals surface area contributed by atoms with Gasteiger partial charge in [-0.1, -0.05) is 6.92 Å². The highest BCUT2D eigenvalue weighted by Crippen LogP contribution is 2.38. The molecule has 2 aromatic heterocycles. The Morgan fingerprint density at radius 2 is 2.00 bits per heavy atom. The van der Waals surface area contributed by atoms with E-state index in [-0.39, 0.29) is 12.2 Å². The van der Waals surface area contributed by atoms with Gasteiger partial charge >= 0.3 is 11.9 Å². The summed E-state index contributed by atoms with van der Waals surface area (Å²) in [6, 6.07) is 3.20. The first-order valence-electron chi connectivity index (χ1n) is 9.78. The molecule has 2 heterocycles. The SMILES string of the molecule is CCOC(=O)c1c(NC(=O)C(CC)OC(=O)c2cccnc2)sc2c1CCCC2. The van der Waals surface area contributed by atoms with Crippen molar-refractivity contribution in [1.29, 1.82) is 0 Å². The van der Waals surface area contributed by atoms with Crippen LogP contribution in [0.25, 0.3) is 0 Å². The molecule has 1 aliphatic carbocycles. The highest BCUT2D eigenvalue weighted by molar-refractivity contribution is 7.17. The van der Waals surface area contributed by atoms with E-state index < -0.39 is 23.9 Å². The summed E-state index contributed by atoms with van der Waals surface area (Å²) in [5, 5.41) is 3.27. The maximum atomic E-state index is 12.8. The standard InChI is InChI=1S/C21H24N2O5S/c1-3-15(28-20(25)13-8-7-11-22-12-13)18(24)23-19-17(21(26)27-4-2)14-9-5-6-10-16(14)29-19/h7-8,11-12,15H,3-6,9-10H2,1-2H3,(H,23,24). The summed E-state index contributed by atoms with van der Waals surface area (Å²) in [4.78, 5) is 42.6. The van der Waals surface area contributed by atoms with Crippen molar-refractivity contribution in [2.24, 2.45) is 0 Å². The minimum Gasteiger partial charge on any atom is -0.462 e. The molecule has 1 N–H and O–H groups in total. The zero-order valence-corrected chi connectivity index (χ0v) is 17.3. The number of anilines is 1. The molecule has 0 fully saturated rings. The van der Waals surface area contributed by atoms with Gasteiger partial charge in [-0.2, -0.15) is 0 Å². The van der Waals surface area contributed by atoms with Gasteiger partial charge in [0.1, 0.15) is 5.00 Å². The van der Waals surface area contributed by atoms with Gasteiger partial charge in [0.15, 0.2) is 6.10 Å². The molecule has 8 heteroatoms. The summed E-state index contributed by atoms with van der Waals surface area (Å²) in [5.41, 5.74) is 1.68. The summed E-state index contributed by atoms with van der Waals surface area (Å²) in [7, 11) is 0. The third kappa shape index (κ3) is 4.82. The number of hydrogen-bond donors (Lipinski definition) is 1. The van der Waals surface area contributed by atoms with Gasteiger partial charge in [-0.25, -0.2) is 9.59 Å². The quantitative estimate of drug-likeness (QED) is 0.691. The first kappa shape index (κ1) is 21.0. The molecule has 0 aromatic carbocycles. The van der Waals surface area contributed by atoms with E-state index in [0.29, 0.717) is 17.0 Å². The van der Waals surface area contributed by atoms with Gasteiger partial charge in [0.2, 0.25) is 0 Å². The summed E-state index contributed by atoms with van der Waals surface area (Å²) in [5.74, 6) is -1.51. The number of carbonyl (C=O) groups excluding carboxylic acids is 3. The van der Waals surface area contributed by atoms with E-state index in [9.17, 15) is 14.4 Å². The Labute approximate surface area is 173 Å². The van der Waals surface area contributed by atoms with Gasteiger partial charge < -0.3 is 14.8 Å². The molecule has 0 bridgehead atoms. The maximum Gasteiger partial charge on any atom is 0.341 e. The fraction of sp³-hybridized carbons (Fsp3) is 0.429. The van der Waals surface area contributed by atoms with E-state index in [4.69, 9.17) is 9.47 Å². The molecule has 1 amide bonds. The second-order valence-electron chi connectivity index (χ2n) is 6.67. The van der Waals surface area contributed by atoms with E-state index in [1.165, 1.54) is 17.5 Å². The molecule has 29 heavy (non-hydrogen) atoms. The van der Waals surface area contributed by atoms with E-state index in [2.05, 4.69) is 10.3 Å². The molecule has 2 aromatic rings. The summed E-state index contributed by atoms with van der Waals surface area (Å²) in [6.07, 6.45) is 6.01. The number of thiophene rings is 1. The van der Waals surface area contributed by atoms with Crippen LogP contribution in [0.1, 0.15) is 64.3 Å². The second-order valence-corrected chi connectivity index (χ2v) is 7.77. The van der Waals surface area contributed by atoms with Crippen LogP contribution in [-0.4, -0.2) is 35.5 Å². The zero-order valence-electron chi connectivity index (χ0n) is 16.5. The predicted octanol–water partition coefficient (Wildman–Crippen LogP) is 3.77. The fourth-order valence-electron chi connectivity index (χ4n) is 3.27. The topological polar surface area (TPSA) is 94.6 Å². The number of hydrogen-bond acceptors (Lipinski definition) is 7. The van der Waals surface area contributed by atoms with Crippen molar-refractivity contribution in [3.05, 3.63) is 46.1 Å². The average Bonchev–Trinajstić information content (AvgIpc) is 3.10. The molecular formula is C21H24N2O5S. The van der Waals surface area contributed by atoms with Crippen LogP contribution < -0.4 is 5.32 Å². The fourth-order valence-corrected chi connectivity index (χ4v) is 4.55. The number of aromatic nitrogens is 1. The van der Waals surface area contributed by atoms with Crippen LogP contribution in [0.3, 0.4) is 0 Å². The Morgan fingerprint density at radius 3 is 2.69 bits per heavy atom. The average molecular weight is 416 g/mol. The lowest BCUT2D eigenvalue weighted by molar-refractivity contribution is -0.124. The minimum absolute atomic E-state index is 0.261. The number of aryl methyl sites for hydroxylation is 1. The first-order chi connectivity index (χ1) is 14.0. The number of pyridine rings is 1. The van der Waals surface area contributed by atoms with Crippen LogP contribution in [0.2, 0.25) is 0 Å². The Kier molecular flexibility index (Phi) is 6.98. The van der Waals surface area contributed by atoms with Gasteiger partial charge in [0.05, 0.1) is 17.7 Å². The molecule has 3 rings (SSSR count). The number of nitrogens with one attached hydrogen (secondary N) is 1. The number of amides is 1. The molecule has 1 atom stereocenters. The second kappa shape index (κ2) is 9.65. The predicted molar refractivity (Wildman–Crippen MR) is 109 cm³/mol. The number of ether oxygens (including phenoxy) is 2. The van der Waals surface area contributed by atoms with Crippen molar-refractivity contribution in [2.45, 2.75) is 52.1 Å². The van der Waals surface area contributed by atoms with Crippen LogP contribution in [0.15, 0.2) is 24.5 Å². The first-order valence-corrected chi connectivity index (χ1v) is 10.6. The van der Waals surface area contributed by atoms with Gasteiger partial charge in [-0.05, 0) is 56.7 Å². The highest BCUT2D eigenvalue weighted by atomic mass is 32.1. The van der Waals surface area contributed by atoms with Crippen LogP contribution in [0, 0.1) is 0 Å². The maximum absolute atomic E-state index is 12.8. The lowest BCUT2D eigenvalue weighted by atomic mass is 9.95. The summed E-state index contributed by atoms with van der Waals surface area (Å²) < 4.78 is 10.6. The molecule has 0 aliphatic heterocycles. The van der Waals surface area contributed by atoms with Crippen molar-refractivity contribution in [2.75, 3.05) is 11.9 Å². The Hall–Kier alpha value is -2.74. The van der Waals surface area contributed by atoms with Gasteiger partial charge in [0, 0.05) is 17.3 Å². The molecule has 0 radical (unpaired) electrons. The van der Waals surface area contributed by atoms with Crippen molar-refractivity contribution < 1.29 is 23.9 Å². The lowest BCUT2D eigenvalue weighted by Crippen LogP contribution is -2.32. The van der Waals surface area contributed by atoms with Crippen LogP contribution >= 0.6 is 11.3 Å². The Morgan fingerprint density at radius 1 is 1.21 bits per heavy atom. The van der Waals surface area contributed by atoms with Gasteiger partial charge in [-0.15, -0.1) is 11.3 Å². The molecule has 0 spiro atoms. The summed E-state index contributed by atoms with van der Waals surface area (Å²) in [6.45, 7) is 3.77. The highest BCUT2D eigenvalue weighted by Gasteiger charge is 2.29. The third-order valence-corrected chi connectivity index (χ3v) is 5.90. The lowest BCUT2D eigenvalue weighted by Gasteiger charge is -2.16. The van der Waals surface area contributed by atoms with Gasteiger partial charge in [-0.3, -0.25) is 9.78 Å². The van der Waals surface area contributed by atoms with Crippen LogP contribution in [-0.2, 0) is 27.1 Å². The van der Waals surface area contributed by atoms with Crippen LogP contribution in [0.5, 0.6) is 0 Å². The number of rotatable bonds is 7. The summed E-state index contributed by atoms with van der Waals surface area (Å²) >= 11 is 1.40. The van der Waals surface area contributed by atoms with Crippen molar-refractivity contribution in [1.82, 2.24) is 4.98 Å². The normalized spacial score (nSPS) is 13.9. The molecule has 0 saturated heterocycles. The number of esters is 2. The number of fused-ring (bicyclic) bond motifs is 1. The molecule has 154 valence electrons. The van der Waals surface area contributed by atoms with Crippen molar-refractivity contribution in [3.8, 4) is 0 Å².